The van der Waals surface area contributed by atoms with Crippen LogP contribution in [0, 0.1) is 0 Å². The number of anilines is 1. The van der Waals surface area contributed by atoms with Gasteiger partial charge >= 0.3 is 0 Å². The second-order valence-electron chi connectivity index (χ2n) is 2.73. The van der Waals surface area contributed by atoms with Crippen LogP contribution in [-0.2, 0) is 0 Å². The highest BCUT2D eigenvalue weighted by atomic mass is 16.4. The summed E-state index contributed by atoms with van der Waals surface area (Å²) < 4.78 is 0. The maximum atomic E-state index is 8.26. The topological polar surface area (TPSA) is 35.8 Å². The molecule has 1 aromatic rings. The van der Waals surface area contributed by atoms with Crippen molar-refractivity contribution in [2.45, 2.75) is 0 Å². The lowest BCUT2D eigenvalue weighted by atomic mass is 10.2. The highest BCUT2D eigenvalue weighted by Gasteiger charge is 1.93. The van der Waals surface area contributed by atoms with Crippen LogP contribution in [-0.4, -0.2) is 25.5 Å². The van der Waals surface area contributed by atoms with E-state index in [4.69, 9.17) is 5.21 Å². The minimum atomic E-state index is 0.892. The average molecular weight is 164 g/mol. The fourth-order valence-corrected chi connectivity index (χ4v) is 0.925. The molecule has 0 spiro atoms. The zero-order valence-electron chi connectivity index (χ0n) is 7.23. The van der Waals surface area contributed by atoms with Crippen molar-refractivity contribution >= 4 is 11.9 Å². The van der Waals surface area contributed by atoms with Gasteiger partial charge in [-0.15, -0.1) is 0 Å². The molecule has 0 saturated carbocycles. The van der Waals surface area contributed by atoms with Crippen molar-refractivity contribution in [2.75, 3.05) is 19.0 Å². The van der Waals surface area contributed by atoms with E-state index in [9.17, 15) is 0 Å². The Balaban J connectivity index is 2.85. The smallest absolute Gasteiger partial charge is 0.0733 e. The number of hydrogen-bond acceptors (Lipinski definition) is 3. The highest BCUT2D eigenvalue weighted by Crippen LogP contribution is 2.10. The van der Waals surface area contributed by atoms with Gasteiger partial charge in [0.2, 0.25) is 0 Å². The van der Waals surface area contributed by atoms with Crippen molar-refractivity contribution < 1.29 is 5.21 Å². The lowest BCUT2D eigenvalue weighted by molar-refractivity contribution is 0.322. The molecule has 0 radical (unpaired) electrons. The fourth-order valence-electron chi connectivity index (χ4n) is 0.925. The zero-order valence-corrected chi connectivity index (χ0v) is 7.23. The van der Waals surface area contributed by atoms with Crippen LogP contribution in [0.3, 0.4) is 0 Å². The summed E-state index contributed by atoms with van der Waals surface area (Å²) in [5.41, 5.74) is 2.02. The Kier molecular flexibility index (Phi) is 2.69. The summed E-state index contributed by atoms with van der Waals surface area (Å²) in [5.74, 6) is 0. The third-order valence-corrected chi connectivity index (χ3v) is 1.62. The number of nitrogens with zero attached hydrogens (tertiary/aromatic N) is 2. The molecule has 1 rings (SSSR count). The lowest BCUT2D eigenvalue weighted by Crippen LogP contribution is -2.08. The van der Waals surface area contributed by atoms with Crippen LogP contribution in [0.25, 0.3) is 0 Å². The molecule has 0 bridgehead atoms. The fraction of sp³-hybridized carbons (Fsp3) is 0.222. The molecule has 0 unspecified atom stereocenters. The molecule has 1 N–H and O–H groups in total. The Morgan fingerprint density at radius 2 is 1.83 bits per heavy atom. The van der Waals surface area contributed by atoms with Crippen molar-refractivity contribution in [3.63, 3.8) is 0 Å². The Morgan fingerprint density at radius 1 is 1.25 bits per heavy atom. The van der Waals surface area contributed by atoms with Crippen LogP contribution in [0.15, 0.2) is 29.4 Å². The van der Waals surface area contributed by atoms with E-state index >= 15 is 0 Å². The molecule has 0 fully saturated rings. The van der Waals surface area contributed by atoms with Crippen molar-refractivity contribution in [3.8, 4) is 0 Å². The van der Waals surface area contributed by atoms with E-state index < -0.39 is 0 Å². The monoisotopic (exact) mass is 164 g/mol. The van der Waals surface area contributed by atoms with E-state index in [0.717, 1.165) is 11.3 Å². The van der Waals surface area contributed by atoms with E-state index in [-0.39, 0.29) is 0 Å². The van der Waals surface area contributed by atoms with Crippen molar-refractivity contribution in [2.24, 2.45) is 5.16 Å². The molecule has 64 valence electrons. The van der Waals surface area contributed by atoms with Crippen LogP contribution in [0.4, 0.5) is 5.69 Å². The Morgan fingerprint density at radius 3 is 2.25 bits per heavy atom. The van der Waals surface area contributed by atoms with Gasteiger partial charge in [-0.25, -0.2) is 0 Å². The van der Waals surface area contributed by atoms with Crippen molar-refractivity contribution in [1.29, 1.82) is 0 Å². The molecule has 3 heteroatoms. The number of hydrogen-bond donors (Lipinski definition) is 1. The third kappa shape index (κ3) is 1.99. The van der Waals surface area contributed by atoms with Gasteiger partial charge in [0, 0.05) is 19.8 Å². The third-order valence-electron chi connectivity index (χ3n) is 1.62. The van der Waals surface area contributed by atoms with Gasteiger partial charge in [-0.2, -0.15) is 0 Å². The molecule has 1 aromatic carbocycles. The Bertz CT molecular complexity index is 264. The van der Waals surface area contributed by atoms with E-state index in [1.165, 1.54) is 6.21 Å². The molecular weight excluding hydrogens is 152 g/mol. The first-order valence-electron chi connectivity index (χ1n) is 3.69. The van der Waals surface area contributed by atoms with Crippen molar-refractivity contribution in [1.82, 2.24) is 0 Å². The first-order chi connectivity index (χ1) is 5.74. The number of oxime groups is 1. The van der Waals surface area contributed by atoms with Gasteiger partial charge in [0.25, 0.3) is 0 Å². The largest absolute Gasteiger partial charge is 0.411 e. The molecule has 0 aliphatic rings. The Hall–Kier alpha value is -1.51. The van der Waals surface area contributed by atoms with E-state index in [2.05, 4.69) is 5.16 Å². The first kappa shape index (κ1) is 8.59. The summed E-state index contributed by atoms with van der Waals surface area (Å²) >= 11 is 0. The maximum Gasteiger partial charge on any atom is 0.0733 e. The molecule has 3 nitrogen and oxygen atoms in total. The van der Waals surface area contributed by atoms with Crippen LogP contribution in [0.2, 0.25) is 0 Å². The van der Waals surface area contributed by atoms with E-state index in [1.54, 1.807) is 0 Å². The van der Waals surface area contributed by atoms with Gasteiger partial charge in [0.15, 0.2) is 0 Å². The molecule has 0 aliphatic carbocycles. The summed E-state index contributed by atoms with van der Waals surface area (Å²) in [5, 5.41) is 11.2. The minimum absolute atomic E-state index is 0.892. The summed E-state index contributed by atoms with van der Waals surface area (Å²) in [6.07, 6.45) is 1.40. The SMILES string of the molecule is CN(C)c1ccc(C=NO)cc1. The first-order valence-corrected chi connectivity index (χ1v) is 3.69. The molecule has 0 saturated heterocycles. The highest BCUT2D eigenvalue weighted by molar-refractivity contribution is 5.79. The summed E-state index contributed by atoms with van der Waals surface area (Å²) in [6.45, 7) is 0. The molecule has 0 amide bonds. The molecule has 0 heterocycles. The number of benzene rings is 1. The molecule has 12 heavy (non-hydrogen) atoms. The predicted molar refractivity (Wildman–Crippen MR) is 50.1 cm³/mol. The van der Waals surface area contributed by atoms with Crippen molar-refractivity contribution in [3.05, 3.63) is 29.8 Å². The average Bonchev–Trinajstić information content (AvgIpc) is 2.06. The van der Waals surface area contributed by atoms with Gasteiger partial charge < -0.3 is 10.1 Å². The normalized spacial score (nSPS) is 10.5. The predicted octanol–water partition coefficient (Wildman–Crippen LogP) is 1.56. The second kappa shape index (κ2) is 3.76. The van der Waals surface area contributed by atoms with E-state index in [0.29, 0.717) is 0 Å². The van der Waals surface area contributed by atoms with Gasteiger partial charge in [-0.05, 0) is 17.7 Å². The molecule has 0 aliphatic heterocycles. The van der Waals surface area contributed by atoms with Gasteiger partial charge in [0.05, 0.1) is 6.21 Å². The quantitative estimate of drug-likeness (QED) is 0.409. The molecule has 0 aromatic heterocycles. The van der Waals surface area contributed by atoms with Crippen LogP contribution >= 0.6 is 0 Å². The Labute approximate surface area is 71.9 Å². The molecule has 0 atom stereocenters. The second-order valence-corrected chi connectivity index (χ2v) is 2.73. The van der Waals surface area contributed by atoms with Crippen LogP contribution in [0.1, 0.15) is 5.56 Å². The number of rotatable bonds is 2. The minimum Gasteiger partial charge on any atom is -0.411 e. The van der Waals surface area contributed by atoms with Crippen LogP contribution < -0.4 is 4.90 Å². The standard InChI is InChI=1S/C9H12N2O/c1-11(2)9-5-3-8(4-6-9)7-10-12/h3-7,12H,1-2H3. The summed E-state index contributed by atoms with van der Waals surface area (Å²) in [6, 6.07) is 7.73. The van der Waals surface area contributed by atoms with Gasteiger partial charge in [-0.3, -0.25) is 0 Å². The molecular formula is C9H12N2O. The van der Waals surface area contributed by atoms with Gasteiger partial charge in [-0.1, -0.05) is 17.3 Å². The van der Waals surface area contributed by atoms with E-state index in [1.807, 2.05) is 43.3 Å². The maximum absolute atomic E-state index is 8.26. The summed E-state index contributed by atoms with van der Waals surface area (Å²) in [4.78, 5) is 2.01. The summed E-state index contributed by atoms with van der Waals surface area (Å²) in [7, 11) is 3.96. The lowest BCUT2D eigenvalue weighted by Gasteiger charge is -2.11. The zero-order chi connectivity index (χ0) is 8.97. The van der Waals surface area contributed by atoms with Gasteiger partial charge in [0.1, 0.15) is 0 Å². The van der Waals surface area contributed by atoms with Crippen LogP contribution in [0.5, 0.6) is 0 Å².